The maximum atomic E-state index is 4.33. The highest BCUT2D eigenvalue weighted by molar-refractivity contribution is 5.33. The summed E-state index contributed by atoms with van der Waals surface area (Å²) in [6, 6.07) is 6.03. The highest BCUT2D eigenvalue weighted by Crippen LogP contribution is 2.38. The minimum atomic E-state index is 0.445. The first-order valence-electron chi connectivity index (χ1n) is 6.50. The quantitative estimate of drug-likeness (QED) is 0.847. The molecule has 1 heterocycles. The largest absolute Gasteiger partial charge is 0.369 e. The highest BCUT2D eigenvalue weighted by atomic mass is 15.1. The third kappa shape index (κ3) is 3.43. The van der Waals surface area contributed by atoms with Crippen LogP contribution in [0.25, 0.3) is 0 Å². The summed E-state index contributed by atoms with van der Waals surface area (Å²) in [5.74, 6) is 0.998. The Hall–Kier alpha value is -1.09. The smallest absolute Gasteiger partial charge is 0.125 e. The number of rotatable bonds is 5. The fraction of sp³-hybridized carbons (Fsp3) is 0.643. The van der Waals surface area contributed by atoms with Gasteiger partial charge in [0, 0.05) is 24.7 Å². The SMILES string of the molecule is CN(C)CC1(CNc2ccccn2)CCCC1. The monoisotopic (exact) mass is 233 g/mol. The predicted octanol–water partition coefficient (Wildman–Crippen LogP) is 2.62. The highest BCUT2D eigenvalue weighted by Gasteiger charge is 2.34. The van der Waals surface area contributed by atoms with Gasteiger partial charge in [0.25, 0.3) is 0 Å². The molecule has 1 saturated carbocycles. The minimum Gasteiger partial charge on any atom is -0.369 e. The Morgan fingerprint density at radius 1 is 1.29 bits per heavy atom. The van der Waals surface area contributed by atoms with Gasteiger partial charge in [-0.05, 0) is 39.1 Å². The molecule has 0 unspecified atom stereocenters. The van der Waals surface area contributed by atoms with Crippen LogP contribution in [0.4, 0.5) is 5.82 Å². The van der Waals surface area contributed by atoms with Crippen molar-refractivity contribution in [1.29, 1.82) is 0 Å². The van der Waals surface area contributed by atoms with Gasteiger partial charge in [0.2, 0.25) is 0 Å². The summed E-state index contributed by atoms with van der Waals surface area (Å²) in [4.78, 5) is 6.64. The van der Waals surface area contributed by atoms with Crippen molar-refractivity contribution in [2.24, 2.45) is 5.41 Å². The Labute approximate surface area is 104 Å². The predicted molar refractivity (Wildman–Crippen MR) is 72.2 cm³/mol. The number of aromatic nitrogens is 1. The Bertz CT molecular complexity index is 329. The van der Waals surface area contributed by atoms with E-state index in [1.165, 1.54) is 32.2 Å². The molecule has 2 rings (SSSR count). The Morgan fingerprint density at radius 2 is 2.06 bits per heavy atom. The molecule has 0 amide bonds. The van der Waals surface area contributed by atoms with E-state index in [1.54, 1.807) is 0 Å². The first-order chi connectivity index (χ1) is 8.20. The summed E-state index contributed by atoms with van der Waals surface area (Å²) >= 11 is 0. The lowest BCUT2D eigenvalue weighted by molar-refractivity contribution is 0.215. The second-order valence-corrected chi connectivity index (χ2v) is 5.51. The Morgan fingerprint density at radius 3 is 2.65 bits per heavy atom. The van der Waals surface area contributed by atoms with Crippen LogP contribution in [0.15, 0.2) is 24.4 Å². The van der Waals surface area contributed by atoms with Crippen molar-refractivity contribution in [3.05, 3.63) is 24.4 Å². The normalized spacial score (nSPS) is 18.5. The zero-order valence-electron chi connectivity index (χ0n) is 10.9. The van der Waals surface area contributed by atoms with Crippen molar-refractivity contribution in [3.63, 3.8) is 0 Å². The van der Waals surface area contributed by atoms with E-state index in [0.29, 0.717) is 5.41 Å². The molecule has 0 aliphatic heterocycles. The van der Waals surface area contributed by atoms with Crippen LogP contribution in [-0.2, 0) is 0 Å². The van der Waals surface area contributed by atoms with Crippen LogP contribution in [0.1, 0.15) is 25.7 Å². The van der Waals surface area contributed by atoms with Gasteiger partial charge in [-0.1, -0.05) is 18.9 Å². The molecule has 1 fully saturated rings. The van der Waals surface area contributed by atoms with Crippen LogP contribution in [0.2, 0.25) is 0 Å². The summed E-state index contributed by atoms with van der Waals surface area (Å²) in [5, 5.41) is 3.50. The number of nitrogens with one attached hydrogen (secondary N) is 1. The molecule has 1 aromatic heterocycles. The molecule has 0 radical (unpaired) electrons. The topological polar surface area (TPSA) is 28.2 Å². The second-order valence-electron chi connectivity index (χ2n) is 5.51. The van der Waals surface area contributed by atoms with E-state index in [4.69, 9.17) is 0 Å². The van der Waals surface area contributed by atoms with E-state index >= 15 is 0 Å². The molecule has 94 valence electrons. The van der Waals surface area contributed by atoms with Crippen LogP contribution in [0.3, 0.4) is 0 Å². The van der Waals surface area contributed by atoms with Gasteiger partial charge in [0.15, 0.2) is 0 Å². The minimum absolute atomic E-state index is 0.445. The summed E-state index contributed by atoms with van der Waals surface area (Å²) in [7, 11) is 4.33. The summed E-state index contributed by atoms with van der Waals surface area (Å²) < 4.78 is 0. The van der Waals surface area contributed by atoms with E-state index in [2.05, 4.69) is 29.3 Å². The molecule has 1 aromatic rings. The third-order valence-electron chi connectivity index (χ3n) is 3.63. The van der Waals surface area contributed by atoms with Crippen molar-refractivity contribution < 1.29 is 0 Å². The molecule has 1 aliphatic rings. The molecule has 3 heteroatoms. The first kappa shape index (κ1) is 12.4. The zero-order valence-corrected chi connectivity index (χ0v) is 10.9. The molecule has 0 saturated heterocycles. The van der Waals surface area contributed by atoms with Gasteiger partial charge in [-0.2, -0.15) is 0 Å². The molecule has 0 atom stereocenters. The van der Waals surface area contributed by atoms with Gasteiger partial charge in [-0.25, -0.2) is 4.98 Å². The van der Waals surface area contributed by atoms with Crippen molar-refractivity contribution in [2.45, 2.75) is 25.7 Å². The average molecular weight is 233 g/mol. The van der Waals surface area contributed by atoms with Gasteiger partial charge in [0.05, 0.1) is 0 Å². The number of nitrogens with zero attached hydrogens (tertiary/aromatic N) is 2. The van der Waals surface area contributed by atoms with E-state index in [9.17, 15) is 0 Å². The lowest BCUT2D eigenvalue weighted by Crippen LogP contribution is -2.37. The van der Waals surface area contributed by atoms with Crippen LogP contribution in [-0.4, -0.2) is 37.1 Å². The lowest BCUT2D eigenvalue weighted by atomic mass is 9.85. The summed E-state index contributed by atoms with van der Waals surface area (Å²) in [6.45, 7) is 2.22. The number of anilines is 1. The van der Waals surface area contributed by atoms with Crippen molar-refractivity contribution in [3.8, 4) is 0 Å². The van der Waals surface area contributed by atoms with E-state index in [0.717, 1.165) is 12.4 Å². The third-order valence-corrected chi connectivity index (χ3v) is 3.63. The molecule has 17 heavy (non-hydrogen) atoms. The van der Waals surface area contributed by atoms with Gasteiger partial charge in [-0.3, -0.25) is 0 Å². The maximum absolute atomic E-state index is 4.33. The van der Waals surface area contributed by atoms with E-state index < -0.39 is 0 Å². The molecule has 1 N–H and O–H groups in total. The van der Waals surface area contributed by atoms with Gasteiger partial charge in [-0.15, -0.1) is 0 Å². The summed E-state index contributed by atoms with van der Waals surface area (Å²) in [5.41, 5.74) is 0.445. The molecule has 0 spiro atoms. The molecular weight excluding hydrogens is 210 g/mol. The van der Waals surface area contributed by atoms with Crippen LogP contribution in [0, 0.1) is 5.41 Å². The standard InChI is InChI=1S/C14H23N3/c1-17(2)12-14(8-4-5-9-14)11-16-13-7-3-6-10-15-13/h3,6-7,10H,4-5,8-9,11-12H2,1-2H3,(H,15,16). The maximum Gasteiger partial charge on any atom is 0.125 e. The van der Waals surface area contributed by atoms with Crippen molar-refractivity contribution >= 4 is 5.82 Å². The molecular formula is C14H23N3. The van der Waals surface area contributed by atoms with E-state index in [1.807, 2.05) is 24.4 Å². The molecule has 3 nitrogen and oxygen atoms in total. The van der Waals surface area contributed by atoms with Crippen LogP contribution in [0.5, 0.6) is 0 Å². The number of hydrogen-bond donors (Lipinski definition) is 1. The first-order valence-corrected chi connectivity index (χ1v) is 6.50. The fourth-order valence-corrected chi connectivity index (χ4v) is 2.93. The molecule has 0 bridgehead atoms. The van der Waals surface area contributed by atoms with Crippen LogP contribution >= 0.6 is 0 Å². The van der Waals surface area contributed by atoms with Gasteiger partial charge in [0.1, 0.15) is 5.82 Å². The van der Waals surface area contributed by atoms with Gasteiger partial charge < -0.3 is 10.2 Å². The summed E-state index contributed by atoms with van der Waals surface area (Å²) in [6.07, 6.45) is 7.26. The Kier molecular flexibility index (Phi) is 4.00. The Balaban J connectivity index is 1.94. The number of pyridine rings is 1. The fourth-order valence-electron chi connectivity index (χ4n) is 2.93. The van der Waals surface area contributed by atoms with Gasteiger partial charge >= 0.3 is 0 Å². The van der Waals surface area contributed by atoms with Crippen LogP contribution < -0.4 is 5.32 Å². The zero-order chi connectivity index (χ0) is 12.1. The molecule has 1 aliphatic carbocycles. The molecule has 0 aromatic carbocycles. The van der Waals surface area contributed by atoms with E-state index in [-0.39, 0.29) is 0 Å². The second kappa shape index (κ2) is 5.50. The van der Waals surface area contributed by atoms with Crippen molar-refractivity contribution in [2.75, 3.05) is 32.5 Å². The van der Waals surface area contributed by atoms with Crippen molar-refractivity contribution in [1.82, 2.24) is 9.88 Å². The number of hydrogen-bond acceptors (Lipinski definition) is 3. The average Bonchev–Trinajstić information content (AvgIpc) is 2.76. The lowest BCUT2D eigenvalue weighted by Gasteiger charge is -2.32.